The summed E-state index contributed by atoms with van der Waals surface area (Å²) in [6.07, 6.45) is -5.02. The van der Waals surface area contributed by atoms with E-state index in [9.17, 15) is 23.3 Å². The number of aryl methyl sites for hydroxylation is 1. The average Bonchev–Trinajstić information content (AvgIpc) is 2.12. The van der Waals surface area contributed by atoms with E-state index in [0.717, 1.165) is 0 Å². The Hall–Kier alpha value is -1.38. The molecule has 0 saturated carbocycles. The van der Waals surface area contributed by atoms with Crippen LogP contribution in [0.4, 0.5) is 18.9 Å². The standard InChI is InChI=1S/C8H6BrF3N2O3/c1-4-2-5(3-9)6(14(15)16)7(13-4)17-8(10,11)12/h2H,3H2,1H3. The van der Waals surface area contributed by atoms with Crippen LogP contribution in [0.15, 0.2) is 6.07 Å². The van der Waals surface area contributed by atoms with Crippen molar-refractivity contribution in [3.05, 3.63) is 27.4 Å². The molecule has 0 aliphatic carbocycles. The van der Waals surface area contributed by atoms with Crippen LogP contribution in [0.1, 0.15) is 11.3 Å². The molecular formula is C8H6BrF3N2O3. The summed E-state index contributed by atoms with van der Waals surface area (Å²) in [5, 5.41) is 10.7. The lowest BCUT2D eigenvalue weighted by molar-refractivity contribution is -0.389. The lowest BCUT2D eigenvalue weighted by Crippen LogP contribution is -2.19. The minimum absolute atomic E-state index is 0.0287. The van der Waals surface area contributed by atoms with Crippen LogP contribution in [-0.2, 0) is 5.33 Å². The van der Waals surface area contributed by atoms with Crippen LogP contribution in [-0.4, -0.2) is 16.3 Å². The molecule has 0 N–H and O–H groups in total. The van der Waals surface area contributed by atoms with Gasteiger partial charge in [0, 0.05) is 16.6 Å². The fourth-order valence-corrected chi connectivity index (χ4v) is 1.61. The first kappa shape index (κ1) is 13.7. The molecule has 1 aromatic heterocycles. The van der Waals surface area contributed by atoms with Gasteiger partial charge in [-0.15, -0.1) is 13.2 Å². The predicted octanol–water partition coefficient (Wildman–Crippen LogP) is 3.09. The molecule has 0 atom stereocenters. The maximum atomic E-state index is 12.1. The van der Waals surface area contributed by atoms with E-state index in [1.165, 1.54) is 13.0 Å². The van der Waals surface area contributed by atoms with Crippen molar-refractivity contribution in [3.63, 3.8) is 0 Å². The van der Waals surface area contributed by atoms with Crippen molar-refractivity contribution in [2.24, 2.45) is 0 Å². The summed E-state index contributed by atoms with van der Waals surface area (Å²) >= 11 is 2.96. The highest BCUT2D eigenvalue weighted by atomic mass is 79.9. The number of alkyl halides is 4. The van der Waals surface area contributed by atoms with Crippen LogP contribution >= 0.6 is 15.9 Å². The Morgan fingerprint density at radius 2 is 2.18 bits per heavy atom. The Labute approximate surface area is 102 Å². The summed E-state index contributed by atoms with van der Waals surface area (Å²) in [6, 6.07) is 1.32. The van der Waals surface area contributed by atoms with Gasteiger partial charge in [0.05, 0.1) is 4.92 Å². The molecule has 0 aliphatic rings. The highest BCUT2D eigenvalue weighted by Crippen LogP contribution is 2.34. The van der Waals surface area contributed by atoms with E-state index < -0.39 is 22.9 Å². The van der Waals surface area contributed by atoms with Crippen molar-refractivity contribution < 1.29 is 22.8 Å². The molecule has 17 heavy (non-hydrogen) atoms. The zero-order chi connectivity index (χ0) is 13.2. The van der Waals surface area contributed by atoms with Crippen LogP contribution in [0.2, 0.25) is 0 Å². The van der Waals surface area contributed by atoms with Gasteiger partial charge in [-0.05, 0) is 13.0 Å². The van der Waals surface area contributed by atoms with E-state index in [-0.39, 0.29) is 16.6 Å². The summed E-state index contributed by atoms with van der Waals surface area (Å²) < 4.78 is 39.7. The highest BCUT2D eigenvalue weighted by molar-refractivity contribution is 9.08. The van der Waals surface area contributed by atoms with Crippen LogP contribution in [0.25, 0.3) is 0 Å². The number of nitro groups is 1. The van der Waals surface area contributed by atoms with E-state index in [1.54, 1.807) is 0 Å². The van der Waals surface area contributed by atoms with Crippen molar-refractivity contribution in [1.82, 2.24) is 4.98 Å². The molecule has 5 nitrogen and oxygen atoms in total. The topological polar surface area (TPSA) is 65.3 Å². The van der Waals surface area contributed by atoms with Crippen molar-refractivity contribution in [2.45, 2.75) is 18.6 Å². The summed E-state index contributed by atoms with van der Waals surface area (Å²) in [4.78, 5) is 13.1. The molecule has 1 rings (SSSR count). The van der Waals surface area contributed by atoms with E-state index in [2.05, 4.69) is 25.7 Å². The first-order valence-corrected chi connectivity index (χ1v) is 5.33. The Kier molecular flexibility index (Phi) is 3.91. The zero-order valence-corrected chi connectivity index (χ0v) is 10.0. The monoisotopic (exact) mass is 314 g/mol. The Bertz CT molecular complexity index is 450. The third kappa shape index (κ3) is 3.55. The van der Waals surface area contributed by atoms with Gasteiger partial charge in [0.1, 0.15) is 0 Å². The maximum absolute atomic E-state index is 12.1. The van der Waals surface area contributed by atoms with Gasteiger partial charge in [0.2, 0.25) is 0 Å². The normalized spacial score (nSPS) is 11.4. The average molecular weight is 315 g/mol. The zero-order valence-electron chi connectivity index (χ0n) is 8.42. The highest BCUT2D eigenvalue weighted by Gasteiger charge is 2.36. The summed E-state index contributed by atoms with van der Waals surface area (Å²) in [7, 11) is 0. The van der Waals surface area contributed by atoms with Crippen molar-refractivity contribution in [3.8, 4) is 5.88 Å². The molecular weight excluding hydrogens is 309 g/mol. The number of hydrogen-bond acceptors (Lipinski definition) is 4. The van der Waals surface area contributed by atoms with Crippen molar-refractivity contribution in [1.29, 1.82) is 0 Å². The Morgan fingerprint density at radius 3 is 2.59 bits per heavy atom. The molecule has 0 aromatic carbocycles. The second kappa shape index (κ2) is 4.86. The molecule has 1 aromatic rings. The van der Waals surface area contributed by atoms with Crippen LogP contribution < -0.4 is 4.74 Å². The molecule has 0 spiro atoms. The molecule has 0 amide bonds. The van der Waals surface area contributed by atoms with Crippen LogP contribution in [0, 0.1) is 17.0 Å². The maximum Gasteiger partial charge on any atom is 0.574 e. The molecule has 0 aliphatic heterocycles. The second-order valence-electron chi connectivity index (χ2n) is 3.02. The van der Waals surface area contributed by atoms with Gasteiger partial charge in [-0.3, -0.25) is 10.1 Å². The minimum Gasteiger partial charge on any atom is -0.381 e. The largest absolute Gasteiger partial charge is 0.574 e. The SMILES string of the molecule is Cc1cc(CBr)c([N+](=O)[O-])c(OC(F)(F)F)n1. The number of aromatic nitrogens is 1. The fraction of sp³-hybridized carbons (Fsp3) is 0.375. The lowest BCUT2D eigenvalue weighted by Gasteiger charge is -2.10. The summed E-state index contributed by atoms with van der Waals surface area (Å²) in [6.45, 7) is 1.42. The number of rotatable bonds is 3. The van der Waals surface area contributed by atoms with E-state index in [4.69, 9.17) is 0 Å². The molecule has 0 unspecified atom stereocenters. The van der Waals surface area contributed by atoms with E-state index >= 15 is 0 Å². The van der Waals surface area contributed by atoms with Gasteiger partial charge in [-0.1, -0.05) is 15.9 Å². The molecule has 0 fully saturated rings. The fourth-order valence-electron chi connectivity index (χ4n) is 1.18. The minimum atomic E-state index is -5.02. The third-order valence-electron chi connectivity index (χ3n) is 1.71. The molecule has 1 heterocycles. The molecule has 0 bridgehead atoms. The summed E-state index contributed by atoms with van der Waals surface area (Å²) in [5.74, 6) is -1.04. The van der Waals surface area contributed by atoms with Gasteiger partial charge in [0.25, 0.3) is 0 Å². The molecule has 0 saturated heterocycles. The first-order valence-electron chi connectivity index (χ1n) is 4.21. The smallest absolute Gasteiger partial charge is 0.381 e. The number of ether oxygens (including phenoxy) is 1. The van der Waals surface area contributed by atoms with E-state index in [0.29, 0.717) is 0 Å². The molecule has 94 valence electrons. The predicted molar refractivity (Wildman–Crippen MR) is 54.9 cm³/mol. The van der Waals surface area contributed by atoms with E-state index in [1.807, 2.05) is 0 Å². The molecule has 0 radical (unpaired) electrons. The van der Waals surface area contributed by atoms with Gasteiger partial charge in [0.15, 0.2) is 0 Å². The van der Waals surface area contributed by atoms with Gasteiger partial charge >= 0.3 is 17.9 Å². The number of nitrogens with zero attached hydrogens (tertiary/aromatic N) is 2. The lowest BCUT2D eigenvalue weighted by atomic mass is 10.2. The quantitative estimate of drug-likeness (QED) is 0.488. The number of pyridine rings is 1. The Balaban J connectivity index is 3.35. The van der Waals surface area contributed by atoms with Gasteiger partial charge < -0.3 is 4.74 Å². The first-order chi connectivity index (χ1) is 7.74. The summed E-state index contributed by atoms with van der Waals surface area (Å²) in [5.41, 5.74) is -0.518. The van der Waals surface area contributed by atoms with Crippen LogP contribution in [0.3, 0.4) is 0 Å². The van der Waals surface area contributed by atoms with Crippen molar-refractivity contribution >= 4 is 21.6 Å². The van der Waals surface area contributed by atoms with Gasteiger partial charge in [-0.25, -0.2) is 4.98 Å². The van der Waals surface area contributed by atoms with Crippen LogP contribution in [0.5, 0.6) is 5.88 Å². The second-order valence-corrected chi connectivity index (χ2v) is 3.58. The Morgan fingerprint density at radius 1 is 1.59 bits per heavy atom. The number of halogens is 4. The van der Waals surface area contributed by atoms with Crippen molar-refractivity contribution in [2.75, 3.05) is 0 Å². The number of hydrogen-bond donors (Lipinski definition) is 0. The molecule has 9 heteroatoms. The van der Waals surface area contributed by atoms with Gasteiger partial charge in [-0.2, -0.15) is 0 Å². The third-order valence-corrected chi connectivity index (χ3v) is 2.31.